The maximum atomic E-state index is 12.6. The highest BCUT2D eigenvalue weighted by Gasteiger charge is 2.18. The molecule has 2 aromatic carbocycles. The second-order valence-corrected chi connectivity index (χ2v) is 7.69. The van der Waals surface area contributed by atoms with Crippen LogP contribution < -0.4 is 9.46 Å². The number of rotatable bonds is 10. The van der Waals surface area contributed by atoms with Crippen LogP contribution in [0.4, 0.5) is 5.69 Å². The first kappa shape index (κ1) is 22.2. The van der Waals surface area contributed by atoms with E-state index in [1.165, 1.54) is 31.4 Å². The van der Waals surface area contributed by atoms with Crippen molar-refractivity contribution in [3.05, 3.63) is 54.1 Å². The molecule has 9 heteroatoms. The van der Waals surface area contributed by atoms with Crippen LogP contribution in [0.5, 0.6) is 5.75 Å². The van der Waals surface area contributed by atoms with Crippen LogP contribution in [-0.4, -0.2) is 40.7 Å². The average Bonchev–Trinajstić information content (AvgIpc) is 2.72. The topological polar surface area (TPSA) is 108 Å². The number of hydrogen-bond donors (Lipinski definition) is 1. The summed E-state index contributed by atoms with van der Waals surface area (Å²) in [4.78, 5) is 23.5. The minimum absolute atomic E-state index is 0.00367. The summed E-state index contributed by atoms with van der Waals surface area (Å²) in [7, 11) is -2.42. The average molecular weight is 421 g/mol. The number of anilines is 1. The summed E-state index contributed by atoms with van der Waals surface area (Å²) in [5, 5.41) is 0. The fourth-order valence-corrected chi connectivity index (χ4v) is 3.35. The standard InChI is InChI=1S/C20H23NO7S/c1-3-4-12-27-19(22)14-28-20(23)15-6-5-7-18(13-15)29(24,25)21-16-8-10-17(26-2)11-9-16/h5-11,13,21H,3-4,12,14H2,1-2H3. The first-order valence-electron chi connectivity index (χ1n) is 8.95. The Kier molecular flexibility index (Phi) is 8.02. The van der Waals surface area contributed by atoms with Crippen molar-refractivity contribution in [1.29, 1.82) is 0 Å². The number of unbranched alkanes of at least 4 members (excludes halogenated alkanes) is 1. The van der Waals surface area contributed by atoms with E-state index in [1.807, 2.05) is 6.92 Å². The molecule has 0 saturated heterocycles. The Morgan fingerprint density at radius 3 is 2.41 bits per heavy atom. The molecule has 0 aliphatic carbocycles. The minimum Gasteiger partial charge on any atom is -0.497 e. The number of hydrogen-bond acceptors (Lipinski definition) is 7. The van der Waals surface area contributed by atoms with Crippen molar-refractivity contribution in [2.75, 3.05) is 25.0 Å². The molecule has 156 valence electrons. The van der Waals surface area contributed by atoms with E-state index in [9.17, 15) is 18.0 Å². The lowest BCUT2D eigenvalue weighted by Gasteiger charge is -2.10. The Bertz CT molecular complexity index is 940. The molecule has 0 heterocycles. The zero-order valence-corrected chi connectivity index (χ0v) is 17.0. The molecular weight excluding hydrogens is 398 g/mol. The molecule has 0 amide bonds. The number of nitrogens with one attached hydrogen (secondary N) is 1. The van der Waals surface area contributed by atoms with Crippen molar-refractivity contribution in [3.63, 3.8) is 0 Å². The Morgan fingerprint density at radius 1 is 1.03 bits per heavy atom. The number of carbonyl (C=O) groups excluding carboxylic acids is 2. The van der Waals surface area contributed by atoms with Crippen molar-refractivity contribution < 1.29 is 32.2 Å². The van der Waals surface area contributed by atoms with Crippen LogP contribution in [0.25, 0.3) is 0 Å². The van der Waals surface area contributed by atoms with Gasteiger partial charge in [0.1, 0.15) is 5.75 Å². The van der Waals surface area contributed by atoms with Gasteiger partial charge < -0.3 is 14.2 Å². The van der Waals surface area contributed by atoms with Gasteiger partial charge in [-0.15, -0.1) is 0 Å². The first-order chi connectivity index (χ1) is 13.9. The minimum atomic E-state index is -3.93. The van der Waals surface area contributed by atoms with E-state index in [1.54, 1.807) is 24.3 Å². The van der Waals surface area contributed by atoms with Gasteiger partial charge in [-0.1, -0.05) is 19.4 Å². The molecule has 29 heavy (non-hydrogen) atoms. The first-order valence-corrected chi connectivity index (χ1v) is 10.4. The molecule has 0 radical (unpaired) electrons. The van der Waals surface area contributed by atoms with E-state index in [0.29, 0.717) is 11.4 Å². The smallest absolute Gasteiger partial charge is 0.344 e. The van der Waals surface area contributed by atoms with Crippen LogP contribution in [0.15, 0.2) is 53.4 Å². The third-order valence-electron chi connectivity index (χ3n) is 3.80. The molecule has 0 unspecified atom stereocenters. The molecule has 1 N–H and O–H groups in total. The van der Waals surface area contributed by atoms with Crippen LogP contribution in [0.3, 0.4) is 0 Å². The fraction of sp³-hybridized carbons (Fsp3) is 0.300. The summed E-state index contributed by atoms with van der Waals surface area (Å²) in [6, 6.07) is 11.7. The molecule has 0 bridgehead atoms. The van der Waals surface area contributed by atoms with Crippen LogP contribution in [0.1, 0.15) is 30.1 Å². The van der Waals surface area contributed by atoms with Gasteiger partial charge in [0.25, 0.3) is 10.0 Å². The predicted molar refractivity (Wildman–Crippen MR) is 106 cm³/mol. The number of sulfonamides is 1. The molecule has 0 aliphatic rings. The molecule has 2 rings (SSSR count). The lowest BCUT2D eigenvalue weighted by Crippen LogP contribution is -2.18. The van der Waals surface area contributed by atoms with E-state index in [4.69, 9.17) is 14.2 Å². The van der Waals surface area contributed by atoms with Crippen LogP contribution in [0, 0.1) is 0 Å². The van der Waals surface area contributed by atoms with Gasteiger partial charge in [-0.2, -0.15) is 0 Å². The number of esters is 2. The third kappa shape index (κ3) is 6.79. The van der Waals surface area contributed by atoms with Crippen LogP contribution in [-0.2, 0) is 24.3 Å². The van der Waals surface area contributed by atoms with Gasteiger partial charge in [0.2, 0.25) is 0 Å². The van der Waals surface area contributed by atoms with Gasteiger partial charge in [-0.3, -0.25) is 4.72 Å². The molecule has 0 atom stereocenters. The van der Waals surface area contributed by atoms with Crippen LogP contribution in [0.2, 0.25) is 0 Å². The molecule has 8 nitrogen and oxygen atoms in total. The SMILES string of the molecule is CCCCOC(=O)COC(=O)c1cccc(S(=O)(=O)Nc2ccc(OC)cc2)c1. The molecule has 0 aliphatic heterocycles. The van der Waals surface area contributed by atoms with Gasteiger partial charge in [0.05, 0.1) is 24.2 Å². The largest absolute Gasteiger partial charge is 0.497 e. The number of benzene rings is 2. The van der Waals surface area contributed by atoms with E-state index in [-0.39, 0.29) is 17.1 Å². The Labute approximate surface area is 169 Å². The Balaban J connectivity index is 2.03. The van der Waals surface area contributed by atoms with Gasteiger partial charge in [0, 0.05) is 5.69 Å². The lowest BCUT2D eigenvalue weighted by molar-refractivity contribution is -0.147. The molecule has 0 fully saturated rings. The van der Waals surface area contributed by atoms with Crippen LogP contribution >= 0.6 is 0 Å². The van der Waals surface area contributed by atoms with E-state index in [0.717, 1.165) is 12.8 Å². The Hall–Kier alpha value is -3.07. The van der Waals surface area contributed by atoms with Crippen molar-refractivity contribution in [1.82, 2.24) is 0 Å². The third-order valence-corrected chi connectivity index (χ3v) is 5.18. The summed E-state index contributed by atoms with van der Waals surface area (Å²) in [5.41, 5.74) is 0.345. The van der Waals surface area contributed by atoms with E-state index >= 15 is 0 Å². The number of methoxy groups -OCH3 is 1. The molecule has 2 aromatic rings. The summed E-state index contributed by atoms with van der Waals surface area (Å²) in [6.45, 7) is 1.68. The molecule has 0 aromatic heterocycles. The molecular formula is C20H23NO7S. The summed E-state index contributed by atoms with van der Waals surface area (Å²) < 4.78 is 42.4. The highest BCUT2D eigenvalue weighted by Crippen LogP contribution is 2.20. The number of carbonyl (C=O) groups is 2. The van der Waals surface area contributed by atoms with E-state index in [2.05, 4.69) is 4.72 Å². The lowest BCUT2D eigenvalue weighted by atomic mass is 10.2. The number of ether oxygens (including phenoxy) is 3. The second kappa shape index (κ2) is 10.5. The monoisotopic (exact) mass is 421 g/mol. The van der Waals surface area contributed by atoms with Gasteiger partial charge >= 0.3 is 11.9 Å². The van der Waals surface area contributed by atoms with Gasteiger partial charge in [-0.05, 0) is 48.9 Å². The molecule has 0 saturated carbocycles. The Morgan fingerprint density at radius 2 is 1.76 bits per heavy atom. The summed E-state index contributed by atoms with van der Waals surface area (Å²) >= 11 is 0. The fourth-order valence-electron chi connectivity index (χ4n) is 2.24. The van der Waals surface area contributed by atoms with Gasteiger partial charge in [-0.25, -0.2) is 18.0 Å². The maximum absolute atomic E-state index is 12.6. The summed E-state index contributed by atoms with van der Waals surface area (Å²) in [6.07, 6.45) is 1.60. The van der Waals surface area contributed by atoms with E-state index < -0.39 is 28.6 Å². The second-order valence-electron chi connectivity index (χ2n) is 6.01. The van der Waals surface area contributed by atoms with Crippen molar-refractivity contribution >= 4 is 27.6 Å². The highest BCUT2D eigenvalue weighted by atomic mass is 32.2. The normalized spacial score (nSPS) is 10.8. The summed E-state index contributed by atoms with van der Waals surface area (Å²) in [5.74, 6) is -0.887. The zero-order valence-electron chi connectivity index (χ0n) is 16.2. The highest BCUT2D eigenvalue weighted by molar-refractivity contribution is 7.92. The van der Waals surface area contributed by atoms with Crippen molar-refractivity contribution in [2.45, 2.75) is 24.7 Å². The maximum Gasteiger partial charge on any atom is 0.344 e. The predicted octanol–water partition coefficient (Wildman–Crippen LogP) is 3.00. The quantitative estimate of drug-likeness (QED) is 0.464. The molecule has 0 spiro atoms. The van der Waals surface area contributed by atoms with Gasteiger partial charge in [0.15, 0.2) is 6.61 Å². The van der Waals surface area contributed by atoms with Crippen molar-refractivity contribution in [3.8, 4) is 5.75 Å². The zero-order chi connectivity index (χ0) is 21.3. The van der Waals surface area contributed by atoms with Crippen molar-refractivity contribution in [2.24, 2.45) is 0 Å².